The summed E-state index contributed by atoms with van der Waals surface area (Å²) in [7, 11) is 0. The molecule has 3 heteroatoms. The third-order valence-corrected chi connectivity index (χ3v) is 4.58. The highest BCUT2D eigenvalue weighted by atomic mass is 32.1. The van der Waals surface area contributed by atoms with E-state index in [2.05, 4.69) is 0 Å². The van der Waals surface area contributed by atoms with E-state index in [1.165, 1.54) is 6.42 Å². The highest BCUT2D eigenvalue weighted by molar-refractivity contribution is 7.12. The molecule has 0 saturated heterocycles. The van der Waals surface area contributed by atoms with Gasteiger partial charge in [0, 0.05) is 6.61 Å². The van der Waals surface area contributed by atoms with Crippen molar-refractivity contribution in [2.45, 2.75) is 51.6 Å². The molecule has 1 aromatic rings. The molecule has 0 radical (unpaired) electrons. The van der Waals surface area contributed by atoms with Crippen molar-refractivity contribution in [1.29, 1.82) is 0 Å². The van der Waals surface area contributed by atoms with Crippen LogP contribution in [0.2, 0.25) is 0 Å². The summed E-state index contributed by atoms with van der Waals surface area (Å²) < 4.78 is 5.87. The average Bonchev–Trinajstić information content (AvgIpc) is 2.76. The summed E-state index contributed by atoms with van der Waals surface area (Å²) in [6, 6.07) is 2.01. The SMILES string of the molecule is CCOC1(C(=O)c2sccc2C)CCCCC1. The fourth-order valence-corrected chi connectivity index (χ4v) is 3.60. The van der Waals surface area contributed by atoms with Crippen molar-refractivity contribution in [2.24, 2.45) is 0 Å². The number of thiophene rings is 1. The standard InChI is InChI=1S/C14H20O2S/c1-3-16-14(8-5-4-6-9-14)13(15)12-11(2)7-10-17-12/h7,10H,3-6,8-9H2,1-2H3. The number of hydrogen-bond donors (Lipinski definition) is 0. The zero-order valence-electron chi connectivity index (χ0n) is 10.6. The quantitative estimate of drug-likeness (QED) is 0.758. The van der Waals surface area contributed by atoms with Crippen molar-refractivity contribution in [3.05, 3.63) is 21.9 Å². The Morgan fingerprint density at radius 1 is 1.41 bits per heavy atom. The first-order chi connectivity index (χ1) is 8.19. The lowest BCUT2D eigenvalue weighted by atomic mass is 9.80. The molecule has 1 aliphatic rings. The number of Topliss-reactive ketones (excluding diaryl/α,β-unsaturated/α-hetero) is 1. The zero-order valence-corrected chi connectivity index (χ0v) is 11.4. The van der Waals surface area contributed by atoms with E-state index in [4.69, 9.17) is 4.74 Å². The van der Waals surface area contributed by atoms with Crippen molar-refractivity contribution in [2.75, 3.05) is 6.61 Å². The molecule has 1 aliphatic carbocycles. The molecule has 1 heterocycles. The summed E-state index contributed by atoms with van der Waals surface area (Å²) in [5.74, 6) is 0.214. The largest absolute Gasteiger partial charge is 0.367 e. The van der Waals surface area contributed by atoms with Gasteiger partial charge < -0.3 is 4.74 Å². The maximum Gasteiger partial charge on any atom is 0.204 e. The van der Waals surface area contributed by atoms with Crippen molar-refractivity contribution < 1.29 is 9.53 Å². The average molecular weight is 252 g/mol. The Hall–Kier alpha value is -0.670. The molecule has 2 rings (SSSR count). The molecule has 0 atom stereocenters. The van der Waals surface area contributed by atoms with Crippen molar-refractivity contribution in [1.82, 2.24) is 0 Å². The second-order valence-electron chi connectivity index (χ2n) is 4.75. The number of rotatable bonds is 4. The smallest absolute Gasteiger partial charge is 0.204 e. The molecule has 0 unspecified atom stereocenters. The third kappa shape index (κ3) is 2.45. The van der Waals surface area contributed by atoms with Crippen LogP contribution in [-0.2, 0) is 4.74 Å². The van der Waals surface area contributed by atoms with Crippen molar-refractivity contribution in [3.8, 4) is 0 Å². The lowest BCUT2D eigenvalue weighted by Gasteiger charge is -2.35. The summed E-state index contributed by atoms with van der Waals surface area (Å²) in [6.45, 7) is 4.60. The fraction of sp³-hybridized carbons (Fsp3) is 0.643. The van der Waals surface area contributed by atoms with Gasteiger partial charge in [0.25, 0.3) is 0 Å². The molecule has 0 N–H and O–H groups in total. The number of aryl methyl sites for hydroxylation is 1. The normalized spacial score (nSPS) is 19.2. The maximum absolute atomic E-state index is 12.7. The van der Waals surface area contributed by atoms with Gasteiger partial charge in [-0.1, -0.05) is 19.3 Å². The molecule has 0 aliphatic heterocycles. The molecule has 0 spiro atoms. The molecule has 2 nitrogen and oxygen atoms in total. The summed E-state index contributed by atoms with van der Waals surface area (Å²) in [5, 5.41) is 1.99. The van der Waals surface area contributed by atoms with Gasteiger partial charge in [-0.2, -0.15) is 0 Å². The lowest BCUT2D eigenvalue weighted by molar-refractivity contribution is -0.0408. The number of ketones is 1. The van der Waals surface area contributed by atoms with Gasteiger partial charge in [0.2, 0.25) is 5.78 Å². The predicted octanol–water partition coefficient (Wildman–Crippen LogP) is 3.98. The topological polar surface area (TPSA) is 26.3 Å². The van der Waals surface area contributed by atoms with Crippen molar-refractivity contribution >= 4 is 17.1 Å². The monoisotopic (exact) mass is 252 g/mol. The first kappa shape index (κ1) is 12.8. The van der Waals surface area contributed by atoms with E-state index in [9.17, 15) is 4.79 Å². The first-order valence-corrected chi connectivity index (χ1v) is 7.30. The Morgan fingerprint density at radius 3 is 2.65 bits per heavy atom. The summed E-state index contributed by atoms with van der Waals surface area (Å²) in [6.07, 6.45) is 5.21. The third-order valence-electron chi connectivity index (χ3n) is 3.56. The summed E-state index contributed by atoms with van der Waals surface area (Å²) in [4.78, 5) is 13.6. The van der Waals surface area contributed by atoms with Gasteiger partial charge in [-0.25, -0.2) is 0 Å². The van der Waals surface area contributed by atoms with Gasteiger partial charge in [0.15, 0.2) is 0 Å². The van der Waals surface area contributed by atoms with Crippen LogP contribution in [0.25, 0.3) is 0 Å². The van der Waals surface area contributed by atoms with Crippen LogP contribution in [0.15, 0.2) is 11.4 Å². The van der Waals surface area contributed by atoms with Crippen LogP contribution in [0.3, 0.4) is 0 Å². The molecule has 0 amide bonds. The summed E-state index contributed by atoms with van der Waals surface area (Å²) >= 11 is 1.55. The number of carbonyl (C=O) groups excluding carboxylic acids is 1. The molecule has 94 valence electrons. The second-order valence-corrected chi connectivity index (χ2v) is 5.67. The Bertz CT molecular complexity index is 383. The molecule has 1 aromatic heterocycles. The fourth-order valence-electron chi connectivity index (χ4n) is 2.65. The Morgan fingerprint density at radius 2 is 2.12 bits per heavy atom. The van der Waals surface area contributed by atoms with Crippen LogP contribution >= 0.6 is 11.3 Å². The van der Waals surface area contributed by atoms with Gasteiger partial charge in [0.05, 0.1) is 4.88 Å². The number of carbonyl (C=O) groups is 1. The minimum Gasteiger partial charge on any atom is -0.367 e. The van der Waals surface area contributed by atoms with Crippen LogP contribution in [0.5, 0.6) is 0 Å². The van der Waals surface area contributed by atoms with Crippen LogP contribution in [0.4, 0.5) is 0 Å². The molecule has 1 fully saturated rings. The molecular formula is C14H20O2S. The molecule has 1 saturated carbocycles. The molecule has 17 heavy (non-hydrogen) atoms. The van der Waals surface area contributed by atoms with Crippen LogP contribution in [-0.4, -0.2) is 18.0 Å². The molecule has 0 bridgehead atoms. The van der Waals surface area contributed by atoms with E-state index in [0.29, 0.717) is 6.61 Å². The van der Waals surface area contributed by atoms with Gasteiger partial charge in [-0.05, 0) is 43.7 Å². The lowest BCUT2D eigenvalue weighted by Crippen LogP contribution is -2.43. The molecule has 0 aromatic carbocycles. The van der Waals surface area contributed by atoms with Gasteiger partial charge in [-0.15, -0.1) is 11.3 Å². The predicted molar refractivity (Wildman–Crippen MR) is 70.8 cm³/mol. The van der Waals surface area contributed by atoms with E-state index in [-0.39, 0.29) is 5.78 Å². The minimum atomic E-state index is -0.525. The van der Waals surface area contributed by atoms with Crippen LogP contribution in [0, 0.1) is 6.92 Å². The second kappa shape index (κ2) is 5.32. The zero-order chi connectivity index (χ0) is 12.3. The maximum atomic E-state index is 12.7. The highest BCUT2D eigenvalue weighted by Gasteiger charge is 2.41. The van der Waals surface area contributed by atoms with E-state index in [1.54, 1.807) is 11.3 Å². The Kier molecular flexibility index (Phi) is 4.00. The van der Waals surface area contributed by atoms with Crippen molar-refractivity contribution in [3.63, 3.8) is 0 Å². The Balaban J connectivity index is 2.27. The van der Waals surface area contributed by atoms with E-state index < -0.39 is 5.60 Å². The van der Waals surface area contributed by atoms with Gasteiger partial charge in [0.1, 0.15) is 5.60 Å². The van der Waals surface area contributed by atoms with E-state index >= 15 is 0 Å². The van der Waals surface area contributed by atoms with Crippen LogP contribution in [0.1, 0.15) is 54.3 Å². The number of ether oxygens (including phenoxy) is 1. The van der Waals surface area contributed by atoms with Gasteiger partial charge in [-0.3, -0.25) is 4.79 Å². The highest BCUT2D eigenvalue weighted by Crippen LogP contribution is 2.36. The molecular weight excluding hydrogens is 232 g/mol. The summed E-state index contributed by atoms with van der Waals surface area (Å²) in [5.41, 5.74) is 0.562. The van der Waals surface area contributed by atoms with Crippen LogP contribution < -0.4 is 0 Å². The minimum absolute atomic E-state index is 0.214. The Labute approximate surface area is 107 Å². The van der Waals surface area contributed by atoms with E-state index in [1.807, 2.05) is 25.3 Å². The number of hydrogen-bond acceptors (Lipinski definition) is 3. The van der Waals surface area contributed by atoms with E-state index in [0.717, 1.165) is 36.1 Å². The first-order valence-electron chi connectivity index (χ1n) is 6.42. The van der Waals surface area contributed by atoms with Gasteiger partial charge >= 0.3 is 0 Å².